The quantitative estimate of drug-likeness (QED) is 0.392. The molecule has 0 amide bonds. The highest BCUT2D eigenvalue weighted by Crippen LogP contribution is 2.41. The molecule has 3 nitrogen and oxygen atoms in total. The Morgan fingerprint density at radius 3 is 1.84 bits per heavy atom. The van der Waals surface area contributed by atoms with E-state index in [1.807, 2.05) is 18.2 Å². The van der Waals surface area contributed by atoms with Gasteiger partial charge in [-0.2, -0.15) is 0 Å². The summed E-state index contributed by atoms with van der Waals surface area (Å²) in [5.74, 6) is 0. The monoisotopic (exact) mass is 427 g/mol. The number of hydrogen-bond donors (Lipinski definition) is 2. The van der Waals surface area contributed by atoms with E-state index in [0.29, 0.717) is 5.46 Å². The Bertz CT molecular complexity index is 1130. The largest absolute Gasteiger partial charge is 0.488 e. The predicted octanol–water partition coefficient (Wildman–Crippen LogP) is 5.86. The van der Waals surface area contributed by atoms with E-state index in [1.165, 1.54) is 16.0 Å². The first kappa shape index (κ1) is 21.4. The first-order chi connectivity index (χ1) is 14.8. The van der Waals surface area contributed by atoms with Crippen LogP contribution in [0.5, 0.6) is 0 Å². The zero-order chi connectivity index (χ0) is 22.0. The molecule has 0 saturated carbocycles. The summed E-state index contributed by atoms with van der Waals surface area (Å²) >= 11 is 1.73. The van der Waals surface area contributed by atoms with Crippen LogP contribution < -0.4 is 10.4 Å². The molecule has 4 rings (SSSR count). The van der Waals surface area contributed by atoms with Crippen LogP contribution in [0.2, 0.25) is 0 Å². The molecule has 0 fully saturated rings. The van der Waals surface area contributed by atoms with Crippen LogP contribution in [0.3, 0.4) is 0 Å². The van der Waals surface area contributed by atoms with Crippen LogP contribution in [0.25, 0.3) is 10.4 Å². The molecule has 156 valence electrons. The van der Waals surface area contributed by atoms with Crippen molar-refractivity contribution in [3.05, 3.63) is 96.6 Å². The molecule has 2 N–H and O–H groups in total. The summed E-state index contributed by atoms with van der Waals surface area (Å²) in [6.45, 7) is 6.64. The second-order valence-corrected chi connectivity index (χ2v) is 9.66. The standard InChI is InChI=1S/C26H26BNO2S/c1-26(2,3)20-9-13-22(14-10-20)28(23-15-11-21(12-16-23)27(29)30)25-18-17-24(31-25)19-7-5-4-6-8-19/h4-18,29-30H,1-3H3. The summed E-state index contributed by atoms with van der Waals surface area (Å²) in [6.07, 6.45) is 0. The van der Waals surface area contributed by atoms with E-state index in [1.54, 1.807) is 23.5 Å². The van der Waals surface area contributed by atoms with Crippen LogP contribution in [0.15, 0.2) is 91.0 Å². The molecule has 0 atom stereocenters. The first-order valence-corrected chi connectivity index (χ1v) is 11.2. The molecule has 4 aromatic rings. The summed E-state index contributed by atoms with van der Waals surface area (Å²) in [5.41, 5.74) is 5.07. The lowest BCUT2D eigenvalue weighted by Gasteiger charge is -2.25. The number of nitrogens with zero attached hydrogens (tertiary/aromatic N) is 1. The van der Waals surface area contributed by atoms with Crippen molar-refractivity contribution in [3.8, 4) is 10.4 Å². The summed E-state index contributed by atoms with van der Waals surface area (Å²) in [6, 6.07) is 30.7. The topological polar surface area (TPSA) is 43.7 Å². The normalized spacial score (nSPS) is 11.4. The highest BCUT2D eigenvalue weighted by atomic mass is 32.1. The second-order valence-electron chi connectivity index (χ2n) is 8.60. The third-order valence-electron chi connectivity index (χ3n) is 5.31. The zero-order valence-corrected chi connectivity index (χ0v) is 18.8. The third kappa shape index (κ3) is 4.74. The molecule has 0 saturated heterocycles. The Labute approximate surface area is 188 Å². The van der Waals surface area contributed by atoms with Gasteiger partial charge >= 0.3 is 7.12 Å². The molecule has 3 aromatic carbocycles. The predicted molar refractivity (Wildman–Crippen MR) is 133 cm³/mol. The average molecular weight is 427 g/mol. The number of hydrogen-bond acceptors (Lipinski definition) is 4. The van der Waals surface area contributed by atoms with Crippen molar-refractivity contribution >= 4 is 40.3 Å². The molecule has 1 aromatic heterocycles. The SMILES string of the molecule is CC(C)(C)c1ccc(N(c2ccc(B(O)O)cc2)c2ccc(-c3ccccc3)s2)cc1. The van der Waals surface area contributed by atoms with Crippen molar-refractivity contribution < 1.29 is 10.0 Å². The van der Waals surface area contributed by atoms with Gasteiger partial charge in [0.15, 0.2) is 0 Å². The van der Waals surface area contributed by atoms with E-state index < -0.39 is 7.12 Å². The highest BCUT2D eigenvalue weighted by molar-refractivity contribution is 7.19. The lowest BCUT2D eigenvalue weighted by atomic mass is 9.80. The zero-order valence-electron chi connectivity index (χ0n) is 18.0. The van der Waals surface area contributed by atoms with Gasteiger partial charge in [0.05, 0.1) is 0 Å². The minimum Gasteiger partial charge on any atom is -0.423 e. The minimum absolute atomic E-state index is 0.0890. The first-order valence-electron chi connectivity index (χ1n) is 10.3. The van der Waals surface area contributed by atoms with E-state index in [0.717, 1.165) is 16.4 Å². The molecule has 0 radical (unpaired) electrons. The molecular weight excluding hydrogens is 401 g/mol. The van der Waals surface area contributed by atoms with Crippen molar-refractivity contribution in [1.29, 1.82) is 0 Å². The molecule has 0 bridgehead atoms. The molecule has 5 heteroatoms. The van der Waals surface area contributed by atoms with Crippen LogP contribution in [0.4, 0.5) is 16.4 Å². The maximum absolute atomic E-state index is 9.47. The van der Waals surface area contributed by atoms with Gasteiger partial charge in [0.25, 0.3) is 0 Å². The molecule has 0 aliphatic heterocycles. The lowest BCUT2D eigenvalue weighted by Crippen LogP contribution is -2.29. The van der Waals surface area contributed by atoms with Crippen molar-refractivity contribution in [2.24, 2.45) is 0 Å². The molecule has 0 unspecified atom stereocenters. The maximum atomic E-state index is 9.47. The second kappa shape index (κ2) is 8.71. The molecule has 0 spiro atoms. The fraction of sp³-hybridized carbons (Fsp3) is 0.154. The van der Waals surface area contributed by atoms with Crippen molar-refractivity contribution in [3.63, 3.8) is 0 Å². The molecule has 0 aliphatic carbocycles. The number of anilines is 3. The Hall–Kier alpha value is -2.86. The Balaban J connectivity index is 1.77. The average Bonchev–Trinajstić information content (AvgIpc) is 3.24. The molecule has 31 heavy (non-hydrogen) atoms. The van der Waals surface area contributed by atoms with Crippen LogP contribution >= 0.6 is 11.3 Å². The van der Waals surface area contributed by atoms with E-state index >= 15 is 0 Å². The summed E-state index contributed by atoms with van der Waals surface area (Å²) in [5, 5.41) is 20.0. The van der Waals surface area contributed by atoms with E-state index in [2.05, 4.69) is 86.3 Å². The number of benzene rings is 3. The Morgan fingerprint density at radius 1 is 0.710 bits per heavy atom. The van der Waals surface area contributed by atoms with E-state index in [9.17, 15) is 10.0 Å². The van der Waals surface area contributed by atoms with E-state index in [4.69, 9.17) is 0 Å². The number of rotatable bonds is 5. The third-order valence-corrected chi connectivity index (χ3v) is 6.43. The Morgan fingerprint density at radius 2 is 1.29 bits per heavy atom. The van der Waals surface area contributed by atoms with Gasteiger partial charge in [-0.1, -0.05) is 75.4 Å². The fourth-order valence-corrected chi connectivity index (χ4v) is 4.57. The molecule has 0 aliphatic rings. The van der Waals surface area contributed by atoms with Gasteiger partial charge in [0.1, 0.15) is 5.00 Å². The van der Waals surface area contributed by atoms with Crippen molar-refractivity contribution in [1.82, 2.24) is 0 Å². The minimum atomic E-state index is -1.47. The smallest absolute Gasteiger partial charge is 0.423 e. The van der Waals surface area contributed by atoms with Gasteiger partial charge in [0.2, 0.25) is 0 Å². The van der Waals surface area contributed by atoms with Gasteiger partial charge in [-0.05, 0) is 58.4 Å². The van der Waals surface area contributed by atoms with Gasteiger partial charge in [-0.25, -0.2) is 0 Å². The van der Waals surface area contributed by atoms with Crippen LogP contribution in [0, 0.1) is 0 Å². The molecule has 1 heterocycles. The van der Waals surface area contributed by atoms with Gasteiger partial charge in [-0.3, -0.25) is 0 Å². The van der Waals surface area contributed by atoms with Gasteiger partial charge in [-0.15, -0.1) is 11.3 Å². The molecular formula is C26H26BNO2S. The van der Waals surface area contributed by atoms with Gasteiger partial charge in [0, 0.05) is 16.3 Å². The van der Waals surface area contributed by atoms with Crippen molar-refractivity contribution in [2.45, 2.75) is 26.2 Å². The maximum Gasteiger partial charge on any atom is 0.488 e. The fourth-order valence-electron chi connectivity index (χ4n) is 3.52. The lowest BCUT2D eigenvalue weighted by molar-refractivity contribution is 0.426. The highest BCUT2D eigenvalue weighted by Gasteiger charge is 2.19. The van der Waals surface area contributed by atoms with Crippen molar-refractivity contribution in [2.75, 3.05) is 4.90 Å². The van der Waals surface area contributed by atoms with Gasteiger partial charge < -0.3 is 14.9 Å². The van der Waals surface area contributed by atoms with Crippen LogP contribution in [-0.4, -0.2) is 17.2 Å². The summed E-state index contributed by atoms with van der Waals surface area (Å²) in [4.78, 5) is 3.41. The summed E-state index contributed by atoms with van der Waals surface area (Å²) in [7, 11) is -1.47. The van der Waals surface area contributed by atoms with Crippen LogP contribution in [-0.2, 0) is 5.41 Å². The van der Waals surface area contributed by atoms with Crippen LogP contribution in [0.1, 0.15) is 26.3 Å². The number of thiophene rings is 1. The summed E-state index contributed by atoms with van der Waals surface area (Å²) < 4.78 is 0. The van der Waals surface area contributed by atoms with E-state index in [-0.39, 0.29) is 5.41 Å². The Kier molecular flexibility index (Phi) is 6.01.